The molecule has 1 aliphatic rings. The summed E-state index contributed by atoms with van der Waals surface area (Å²) in [5.41, 5.74) is 11.1. The van der Waals surface area contributed by atoms with Crippen molar-refractivity contribution in [2.24, 2.45) is 0 Å². The van der Waals surface area contributed by atoms with Gasteiger partial charge in [0.1, 0.15) is 0 Å². The monoisotopic (exact) mass is 689 g/mol. The van der Waals surface area contributed by atoms with Crippen LogP contribution < -0.4 is 4.90 Å². The van der Waals surface area contributed by atoms with Gasteiger partial charge in [-0.3, -0.25) is 0 Å². The molecule has 1 nitrogen and oxygen atoms in total. The van der Waals surface area contributed by atoms with E-state index in [-0.39, 0.29) is 0 Å². The number of hydrogen-bond donors (Lipinski definition) is 0. The molecule has 8 aromatic carbocycles. The van der Waals surface area contributed by atoms with Crippen molar-refractivity contribution in [1.82, 2.24) is 0 Å². The summed E-state index contributed by atoms with van der Waals surface area (Å²) in [6.45, 7) is 0. The molecule has 0 bridgehead atoms. The lowest BCUT2D eigenvalue weighted by Crippen LogP contribution is -2.10. The van der Waals surface area contributed by atoms with Crippen LogP contribution in [0.4, 0.5) is 17.1 Å². The average Bonchev–Trinajstić information content (AvgIpc) is 3.67. The van der Waals surface area contributed by atoms with Gasteiger partial charge in [-0.25, -0.2) is 0 Å². The van der Waals surface area contributed by atoms with Gasteiger partial charge in [-0.2, -0.15) is 10.0 Å². The molecule has 0 N–H and O–H groups in total. The third-order valence-corrected chi connectivity index (χ3v) is 14.6. The fraction of sp³-hybridized carbons (Fsp3) is 0.0417. The number of thiophene rings is 1. The van der Waals surface area contributed by atoms with Crippen LogP contribution in [0.5, 0.6) is 0 Å². The largest absolute Gasteiger partial charge is 0.310 e. The van der Waals surface area contributed by atoms with Crippen LogP contribution in [-0.4, -0.2) is 12.5 Å². The number of anilines is 3. The van der Waals surface area contributed by atoms with E-state index >= 15 is 0 Å². The van der Waals surface area contributed by atoms with Gasteiger partial charge < -0.3 is 4.90 Å². The molecule has 10 rings (SSSR count). The van der Waals surface area contributed by atoms with Crippen molar-refractivity contribution in [2.45, 2.75) is 9.79 Å². The van der Waals surface area contributed by atoms with E-state index in [1.54, 1.807) is 0 Å². The smallest absolute Gasteiger partial charge is 0.0472 e. The molecule has 3 heteroatoms. The molecule has 0 spiro atoms. The van der Waals surface area contributed by atoms with Gasteiger partial charge in [0.15, 0.2) is 0 Å². The van der Waals surface area contributed by atoms with E-state index in [0.717, 1.165) is 11.4 Å². The van der Waals surface area contributed by atoms with Gasteiger partial charge in [0.25, 0.3) is 0 Å². The first-order valence-electron chi connectivity index (χ1n) is 17.4. The summed E-state index contributed by atoms with van der Waals surface area (Å²) >= 11 is 1.94. The van der Waals surface area contributed by atoms with Crippen molar-refractivity contribution >= 4 is 69.4 Å². The highest BCUT2D eigenvalue weighted by atomic mass is 32.3. The number of fused-ring (bicyclic) bond motifs is 8. The Balaban J connectivity index is 1.17. The van der Waals surface area contributed by atoms with E-state index in [2.05, 4.69) is 193 Å². The molecule has 1 aromatic heterocycles. The molecule has 1 aliphatic heterocycles. The minimum atomic E-state index is -1.26. The molecule has 51 heavy (non-hydrogen) atoms. The van der Waals surface area contributed by atoms with Gasteiger partial charge in [0, 0.05) is 52.6 Å². The molecule has 0 fully saturated rings. The standard InChI is InChI=1S/C48H35NS2/c1-51(2)45-28-27-42-41-22-8-9-24-44(41)50-48(42)47(45)43-26-25-38(31-46(43)51)49(36-19-10-17-34(29-36)32-13-4-3-5-14-32)37-20-11-18-35(30-37)40-23-12-16-33-15-6-7-21-39(33)40/h3-31H,1-2H3. The lowest BCUT2D eigenvalue weighted by atomic mass is 9.97. The van der Waals surface area contributed by atoms with Crippen molar-refractivity contribution in [3.05, 3.63) is 176 Å². The summed E-state index contributed by atoms with van der Waals surface area (Å²) in [6.07, 6.45) is 4.95. The van der Waals surface area contributed by atoms with E-state index in [4.69, 9.17) is 0 Å². The zero-order chi connectivity index (χ0) is 34.1. The Kier molecular flexibility index (Phi) is 6.96. The highest BCUT2D eigenvalue weighted by Gasteiger charge is 2.34. The minimum Gasteiger partial charge on any atom is -0.310 e. The van der Waals surface area contributed by atoms with Crippen molar-refractivity contribution < 1.29 is 0 Å². The van der Waals surface area contributed by atoms with Gasteiger partial charge in [-0.15, -0.1) is 11.3 Å². The molecular formula is C48H35NS2. The summed E-state index contributed by atoms with van der Waals surface area (Å²) < 4.78 is 2.77. The van der Waals surface area contributed by atoms with E-state index in [9.17, 15) is 0 Å². The van der Waals surface area contributed by atoms with Crippen LogP contribution in [0, 0.1) is 0 Å². The highest BCUT2D eigenvalue weighted by Crippen LogP contribution is 2.69. The Morgan fingerprint density at radius 2 is 1.08 bits per heavy atom. The van der Waals surface area contributed by atoms with Crippen molar-refractivity contribution in [3.8, 4) is 33.4 Å². The number of nitrogens with zero attached hydrogens (tertiary/aromatic N) is 1. The quantitative estimate of drug-likeness (QED) is 0.174. The molecule has 0 unspecified atom stereocenters. The maximum Gasteiger partial charge on any atom is 0.0472 e. The lowest BCUT2D eigenvalue weighted by Gasteiger charge is -2.31. The molecule has 0 radical (unpaired) electrons. The van der Waals surface area contributed by atoms with Crippen LogP contribution in [0.15, 0.2) is 186 Å². The number of benzene rings is 8. The predicted molar refractivity (Wildman–Crippen MR) is 224 cm³/mol. The van der Waals surface area contributed by atoms with Crippen molar-refractivity contribution in [2.75, 3.05) is 17.4 Å². The second-order valence-electron chi connectivity index (χ2n) is 13.7. The molecule has 0 saturated heterocycles. The molecule has 0 aliphatic carbocycles. The highest BCUT2D eigenvalue weighted by molar-refractivity contribution is 8.33. The third kappa shape index (κ3) is 4.84. The Morgan fingerprint density at radius 1 is 0.431 bits per heavy atom. The second kappa shape index (κ2) is 11.7. The normalized spacial score (nSPS) is 13.7. The van der Waals surface area contributed by atoms with Crippen molar-refractivity contribution in [1.29, 1.82) is 0 Å². The zero-order valence-electron chi connectivity index (χ0n) is 28.5. The lowest BCUT2D eigenvalue weighted by molar-refractivity contribution is 1.26. The summed E-state index contributed by atoms with van der Waals surface area (Å²) in [7, 11) is -1.26. The molecule has 9 aromatic rings. The molecule has 0 amide bonds. The van der Waals surface area contributed by atoms with E-state index < -0.39 is 10.0 Å². The van der Waals surface area contributed by atoms with Gasteiger partial charge in [-0.1, -0.05) is 127 Å². The van der Waals surface area contributed by atoms with Crippen LogP contribution in [0.1, 0.15) is 0 Å². The van der Waals surface area contributed by atoms with Crippen LogP contribution in [0.3, 0.4) is 0 Å². The summed E-state index contributed by atoms with van der Waals surface area (Å²) in [6, 6.07) is 64.9. The molecular weight excluding hydrogens is 655 g/mol. The van der Waals surface area contributed by atoms with Gasteiger partial charge >= 0.3 is 0 Å². The van der Waals surface area contributed by atoms with Crippen LogP contribution in [0.25, 0.3) is 64.3 Å². The Labute approximate surface area is 304 Å². The summed E-state index contributed by atoms with van der Waals surface area (Å²) in [4.78, 5) is 5.40. The first-order chi connectivity index (χ1) is 25.0. The average molecular weight is 690 g/mol. The Hall–Kier alpha value is -5.61. The Morgan fingerprint density at radius 3 is 1.92 bits per heavy atom. The molecule has 0 atom stereocenters. The van der Waals surface area contributed by atoms with Gasteiger partial charge in [0.05, 0.1) is 0 Å². The maximum absolute atomic E-state index is 2.49. The Bertz CT molecular complexity index is 2790. The molecule has 244 valence electrons. The SMILES string of the molecule is CS1(C)c2cc(N(c3cccc(-c4ccccc4)c3)c3cccc(-c4cccc5ccccc45)c3)ccc2-c2c1ccc1c2sc2ccccc21. The third-order valence-electron chi connectivity index (χ3n) is 10.5. The first-order valence-corrected chi connectivity index (χ1v) is 20.7. The van der Waals surface area contributed by atoms with Crippen molar-refractivity contribution in [3.63, 3.8) is 0 Å². The van der Waals surface area contributed by atoms with Crippen LogP contribution in [0.2, 0.25) is 0 Å². The number of hydrogen-bond acceptors (Lipinski definition) is 2. The first kappa shape index (κ1) is 30.2. The fourth-order valence-electron chi connectivity index (χ4n) is 8.04. The topological polar surface area (TPSA) is 3.24 Å². The van der Waals surface area contributed by atoms with E-state index in [1.807, 2.05) is 11.3 Å². The van der Waals surface area contributed by atoms with E-state index in [1.165, 1.54) is 79.8 Å². The minimum absolute atomic E-state index is 1.14. The predicted octanol–water partition coefficient (Wildman–Crippen LogP) is 14.5. The second-order valence-corrected chi connectivity index (χ2v) is 18.3. The van der Waals surface area contributed by atoms with Gasteiger partial charge in [-0.05, 0) is 99.6 Å². The maximum atomic E-state index is 2.49. The summed E-state index contributed by atoms with van der Waals surface area (Å²) in [5.74, 6) is 0. The molecule has 0 saturated carbocycles. The van der Waals surface area contributed by atoms with Crippen LogP contribution >= 0.6 is 21.4 Å². The number of rotatable bonds is 5. The fourth-order valence-corrected chi connectivity index (χ4v) is 11.9. The summed E-state index contributed by atoms with van der Waals surface area (Å²) in [5, 5.41) is 5.24. The molecule has 2 heterocycles. The van der Waals surface area contributed by atoms with Crippen LogP contribution in [-0.2, 0) is 0 Å². The van der Waals surface area contributed by atoms with Gasteiger partial charge in [0.2, 0.25) is 0 Å². The zero-order valence-corrected chi connectivity index (χ0v) is 30.1. The van der Waals surface area contributed by atoms with E-state index in [0.29, 0.717) is 0 Å².